The molecule has 1 rings (SSSR count). The summed E-state index contributed by atoms with van der Waals surface area (Å²) in [4.78, 5) is 0. The van der Waals surface area contributed by atoms with Crippen LogP contribution in [0, 0.1) is 0 Å². The Morgan fingerprint density at radius 2 is 1.43 bits per heavy atom. The van der Waals surface area contributed by atoms with E-state index in [-0.39, 0.29) is 6.15 Å². The van der Waals surface area contributed by atoms with Gasteiger partial charge in [-0.3, -0.25) is 0 Å². The van der Waals surface area contributed by atoms with Crippen LogP contribution < -0.4 is 11.5 Å². The first-order chi connectivity index (χ1) is 2.91. The van der Waals surface area contributed by atoms with Crippen molar-refractivity contribution in [3.05, 3.63) is 0 Å². The Labute approximate surface area is 45.9 Å². The van der Waals surface area contributed by atoms with Crippen LogP contribution in [0.2, 0.25) is 0 Å². The maximum Gasteiger partial charge on any atom is 0.00772 e. The van der Waals surface area contributed by atoms with E-state index < -0.39 is 0 Å². The van der Waals surface area contributed by atoms with E-state index in [9.17, 15) is 0 Å². The zero-order valence-corrected chi connectivity index (χ0v) is 5.33. The smallest absolute Gasteiger partial charge is 0.00772 e. The van der Waals surface area contributed by atoms with E-state index in [1.165, 1.54) is 19.5 Å². The van der Waals surface area contributed by atoms with Crippen molar-refractivity contribution in [2.24, 2.45) is 0 Å². The van der Waals surface area contributed by atoms with Gasteiger partial charge in [0.25, 0.3) is 0 Å². The molecule has 1 aliphatic heterocycles. The topological polar surface area (TPSA) is 56.9 Å². The fraction of sp³-hybridized carbons (Fsp3) is 1.00. The molecule has 0 unspecified atom stereocenters. The minimum absolute atomic E-state index is 0. The zero-order valence-electron chi connectivity index (χ0n) is 5.33. The fourth-order valence-electron chi connectivity index (χ4n) is 0. The summed E-state index contributed by atoms with van der Waals surface area (Å²) in [6.45, 7) is 6.75. The van der Waals surface area contributed by atoms with Crippen LogP contribution in [0.25, 0.3) is 0 Å². The predicted octanol–water partition coefficient (Wildman–Crippen LogP) is 1.17. The van der Waals surface area contributed by atoms with Gasteiger partial charge in [0.05, 0.1) is 0 Å². The van der Waals surface area contributed by atoms with E-state index in [1.54, 1.807) is 0 Å². The highest BCUT2D eigenvalue weighted by Crippen LogP contribution is 1.65. The van der Waals surface area contributed by atoms with Gasteiger partial charge in [-0.25, -0.2) is 0 Å². The lowest BCUT2D eigenvalue weighted by molar-refractivity contribution is 1.09. The molecule has 0 atom stereocenters. The third-order valence-electron chi connectivity index (χ3n) is 0.250. The Kier molecular flexibility index (Phi) is 13.3. The molecule has 0 spiro atoms. The van der Waals surface area contributed by atoms with Crippen molar-refractivity contribution in [3.8, 4) is 0 Å². The summed E-state index contributed by atoms with van der Waals surface area (Å²) in [6, 6.07) is 0. The highest BCUT2D eigenvalue weighted by Gasteiger charge is 1.91. The average Bonchev–Trinajstić information content (AvgIpc) is 2.11. The van der Waals surface area contributed by atoms with E-state index in [2.05, 4.69) is 19.2 Å². The maximum absolute atomic E-state index is 3.00. The molecule has 0 amide bonds. The zero-order chi connectivity index (χ0) is 4.83. The molecule has 0 aromatic rings. The molecule has 2 nitrogen and oxygen atoms in total. The quantitative estimate of drug-likeness (QED) is 0.453. The van der Waals surface area contributed by atoms with Crippen LogP contribution >= 0.6 is 0 Å². The van der Waals surface area contributed by atoms with Gasteiger partial charge in [0.1, 0.15) is 0 Å². The lowest BCUT2D eigenvalue weighted by atomic mass is 10.6. The van der Waals surface area contributed by atoms with E-state index in [1.807, 2.05) is 0 Å². The molecule has 1 aliphatic rings. The molecule has 0 aromatic carbocycles. The number of nitrogens with one attached hydrogen (secondary N) is 1. The first kappa shape index (κ1) is 10.0. The second-order valence-corrected chi connectivity index (χ2v) is 1.46. The van der Waals surface area contributed by atoms with E-state index in [4.69, 9.17) is 0 Å². The molecule has 1 saturated heterocycles. The van der Waals surface area contributed by atoms with Gasteiger partial charge in [-0.1, -0.05) is 20.3 Å². The van der Waals surface area contributed by atoms with Crippen molar-refractivity contribution < 1.29 is 0 Å². The Bertz CT molecular complexity index is 17.3. The van der Waals surface area contributed by atoms with Gasteiger partial charge in [0, 0.05) is 13.1 Å². The molecule has 0 aromatic heterocycles. The van der Waals surface area contributed by atoms with Crippen molar-refractivity contribution >= 4 is 0 Å². The van der Waals surface area contributed by atoms with Gasteiger partial charge in [0.15, 0.2) is 0 Å². The molecule has 7 heavy (non-hydrogen) atoms. The Morgan fingerprint density at radius 3 is 1.43 bits per heavy atom. The molecule has 1 fully saturated rings. The normalized spacial score (nSPS) is 12.9. The lowest BCUT2D eigenvalue weighted by Gasteiger charge is -1.48. The third kappa shape index (κ3) is 107. The molecule has 0 radical (unpaired) electrons. The summed E-state index contributed by atoms with van der Waals surface area (Å²) >= 11 is 0. The van der Waals surface area contributed by atoms with Crippen LogP contribution in [-0.4, -0.2) is 13.1 Å². The van der Waals surface area contributed by atoms with E-state index in [0.717, 1.165) is 0 Å². The molecule has 0 aliphatic carbocycles. The van der Waals surface area contributed by atoms with Gasteiger partial charge in [-0.05, 0) is 0 Å². The second kappa shape index (κ2) is 9.33. The van der Waals surface area contributed by atoms with Crippen LogP contribution in [-0.2, 0) is 0 Å². The number of rotatable bonds is 0. The van der Waals surface area contributed by atoms with Crippen LogP contribution in [0.15, 0.2) is 0 Å². The van der Waals surface area contributed by atoms with E-state index in [0.29, 0.717) is 0 Å². The highest BCUT2D eigenvalue weighted by molar-refractivity contribution is 4.58. The Balaban J connectivity index is 0. The average molecular weight is 104 g/mol. The summed E-state index contributed by atoms with van der Waals surface area (Å²) in [5.41, 5.74) is 0. The fourth-order valence-corrected chi connectivity index (χ4v) is 0. The SMILES string of the molecule is C1CN1.CCC.N. The van der Waals surface area contributed by atoms with Gasteiger partial charge in [-0.15, -0.1) is 0 Å². The second-order valence-electron chi connectivity index (χ2n) is 1.46. The molecular weight excluding hydrogens is 88.1 g/mol. The minimum Gasteiger partial charge on any atom is -0.344 e. The summed E-state index contributed by atoms with van der Waals surface area (Å²) < 4.78 is 0. The van der Waals surface area contributed by atoms with Crippen LogP contribution in [0.4, 0.5) is 0 Å². The predicted molar refractivity (Wildman–Crippen MR) is 33.9 cm³/mol. The highest BCUT2D eigenvalue weighted by atomic mass is 15.0. The van der Waals surface area contributed by atoms with Crippen molar-refractivity contribution in [1.29, 1.82) is 0 Å². The Hall–Kier alpha value is -0.0800. The standard InChI is InChI=1S/C3H8.C2H5N.H3N/c1-3-2;1-2-3-1;/h3H2,1-2H3;3H,1-2H2;1H3. The minimum atomic E-state index is 0. The molecule has 1 heterocycles. The summed E-state index contributed by atoms with van der Waals surface area (Å²) in [6.07, 6.45) is 1.25. The van der Waals surface area contributed by atoms with E-state index >= 15 is 0 Å². The van der Waals surface area contributed by atoms with Gasteiger partial charge in [0.2, 0.25) is 0 Å². The van der Waals surface area contributed by atoms with Crippen LogP contribution in [0.5, 0.6) is 0 Å². The monoisotopic (exact) mass is 104 g/mol. The first-order valence-corrected chi connectivity index (χ1v) is 2.62. The lowest BCUT2D eigenvalue weighted by Crippen LogP contribution is -1.56. The maximum atomic E-state index is 3.00. The summed E-state index contributed by atoms with van der Waals surface area (Å²) in [5.74, 6) is 0. The van der Waals surface area contributed by atoms with Crippen LogP contribution in [0.3, 0.4) is 0 Å². The molecule has 0 bridgehead atoms. The largest absolute Gasteiger partial charge is 0.344 e. The van der Waals surface area contributed by atoms with Crippen molar-refractivity contribution in [1.82, 2.24) is 11.5 Å². The van der Waals surface area contributed by atoms with Gasteiger partial charge < -0.3 is 11.5 Å². The van der Waals surface area contributed by atoms with Crippen molar-refractivity contribution in [2.45, 2.75) is 20.3 Å². The molecule has 4 N–H and O–H groups in total. The van der Waals surface area contributed by atoms with Crippen molar-refractivity contribution in [2.75, 3.05) is 13.1 Å². The first-order valence-electron chi connectivity index (χ1n) is 2.62. The molecule has 2 heteroatoms. The number of hydrogen-bond donors (Lipinski definition) is 2. The van der Waals surface area contributed by atoms with Crippen LogP contribution in [0.1, 0.15) is 20.3 Å². The van der Waals surface area contributed by atoms with Gasteiger partial charge >= 0.3 is 0 Å². The summed E-state index contributed by atoms with van der Waals surface area (Å²) in [5, 5.41) is 3.00. The molecule has 0 saturated carbocycles. The molecular formula is C5H16N2. The number of hydrogen-bond acceptors (Lipinski definition) is 2. The Morgan fingerprint density at radius 1 is 1.29 bits per heavy atom. The summed E-state index contributed by atoms with van der Waals surface area (Å²) in [7, 11) is 0. The molecule has 46 valence electrons. The van der Waals surface area contributed by atoms with Gasteiger partial charge in [-0.2, -0.15) is 0 Å². The third-order valence-corrected chi connectivity index (χ3v) is 0.250. The van der Waals surface area contributed by atoms with Crippen molar-refractivity contribution in [3.63, 3.8) is 0 Å².